The number of sulfonamides is 1. The second-order valence-corrected chi connectivity index (χ2v) is 10.4. The molecule has 0 aromatic heterocycles. The molecule has 0 amide bonds. The van der Waals surface area contributed by atoms with Gasteiger partial charge < -0.3 is 4.90 Å². The van der Waals surface area contributed by atoms with E-state index in [2.05, 4.69) is 63.1 Å². The van der Waals surface area contributed by atoms with E-state index >= 15 is 0 Å². The molecule has 7 heteroatoms. The Bertz CT molecular complexity index is 1180. The van der Waals surface area contributed by atoms with Crippen LogP contribution in [0.15, 0.2) is 77.7 Å². The van der Waals surface area contributed by atoms with Crippen molar-refractivity contribution in [3.63, 3.8) is 0 Å². The van der Waals surface area contributed by atoms with Crippen molar-refractivity contribution in [2.75, 3.05) is 32.1 Å². The van der Waals surface area contributed by atoms with Gasteiger partial charge in [0.2, 0.25) is 10.0 Å². The summed E-state index contributed by atoms with van der Waals surface area (Å²) in [5.74, 6) is 0. The summed E-state index contributed by atoms with van der Waals surface area (Å²) in [6.07, 6.45) is 0.944. The summed E-state index contributed by atoms with van der Waals surface area (Å²) in [7, 11) is 0.280. The van der Waals surface area contributed by atoms with E-state index in [1.807, 2.05) is 14.1 Å². The van der Waals surface area contributed by atoms with Gasteiger partial charge in [-0.15, -0.1) is 0 Å². The van der Waals surface area contributed by atoms with Crippen molar-refractivity contribution >= 4 is 27.3 Å². The minimum Gasteiger partial charge on any atom is -0.378 e. The van der Waals surface area contributed by atoms with Crippen molar-refractivity contribution in [2.24, 2.45) is 0 Å². The SMILES string of the molecule is CN(C)c1ccc([C@H](CNS(=O)(=O)c2ccccc2Cl)N2CCc3ccccc3C2)cc1. The lowest BCUT2D eigenvalue weighted by Crippen LogP contribution is -2.40. The lowest BCUT2D eigenvalue weighted by Gasteiger charge is -2.36. The van der Waals surface area contributed by atoms with Crippen molar-refractivity contribution < 1.29 is 8.42 Å². The highest BCUT2D eigenvalue weighted by molar-refractivity contribution is 7.89. The topological polar surface area (TPSA) is 52.7 Å². The number of fused-ring (bicyclic) bond motifs is 1. The summed E-state index contributed by atoms with van der Waals surface area (Å²) in [5, 5.41) is 0.221. The minimum atomic E-state index is -3.73. The summed E-state index contributed by atoms with van der Waals surface area (Å²) < 4.78 is 28.8. The van der Waals surface area contributed by atoms with Gasteiger partial charge in [0.25, 0.3) is 0 Å². The highest BCUT2D eigenvalue weighted by Crippen LogP contribution is 2.29. The molecule has 0 radical (unpaired) electrons. The van der Waals surface area contributed by atoms with E-state index in [0.717, 1.165) is 30.8 Å². The van der Waals surface area contributed by atoms with Crippen molar-refractivity contribution in [1.82, 2.24) is 9.62 Å². The summed E-state index contributed by atoms with van der Waals surface area (Å²) in [6, 6.07) is 23.2. The zero-order chi connectivity index (χ0) is 22.7. The van der Waals surface area contributed by atoms with Gasteiger partial charge in [-0.05, 0) is 47.4 Å². The summed E-state index contributed by atoms with van der Waals surface area (Å²) >= 11 is 6.16. The number of nitrogens with one attached hydrogen (secondary N) is 1. The molecule has 0 saturated carbocycles. The molecule has 1 aliphatic heterocycles. The summed E-state index contributed by atoms with van der Waals surface area (Å²) in [6.45, 7) is 1.91. The standard InChI is InChI=1S/C25H28ClN3O2S/c1-28(2)22-13-11-20(12-14-22)24(29-16-15-19-7-3-4-8-21(19)18-29)17-27-32(30,31)25-10-6-5-9-23(25)26/h3-14,24,27H,15-18H2,1-2H3/t24-/m0/s1. The minimum absolute atomic E-state index is 0.100. The first-order valence-corrected chi connectivity index (χ1v) is 12.5. The molecule has 0 bridgehead atoms. The zero-order valence-corrected chi connectivity index (χ0v) is 19.9. The largest absolute Gasteiger partial charge is 0.378 e. The first-order chi connectivity index (χ1) is 15.3. The van der Waals surface area contributed by atoms with E-state index in [4.69, 9.17) is 11.6 Å². The lowest BCUT2D eigenvalue weighted by molar-refractivity contribution is 0.180. The third kappa shape index (κ3) is 4.99. The number of anilines is 1. The maximum atomic E-state index is 13.0. The molecule has 1 heterocycles. The maximum absolute atomic E-state index is 13.0. The molecule has 168 valence electrons. The molecule has 4 rings (SSSR count). The predicted octanol–water partition coefficient (Wildman–Crippen LogP) is 4.48. The third-order valence-corrected chi connectivity index (χ3v) is 7.91. The summed E-state index contributed by atoms with van der Waals surface area (Å²) in [4.78, 5) is 4.50. The van der Waals surface area contributed by atoms with Crippen molar-refractivity contribution in [1.29, 1.82) is 0 Å². The van der Waals surface area contributed by atoms with Crippen molar-refractivity contribution in [3.05, 3.63) is 94.5 Å². The Balaban J connectivity index is 1.61. The zero-order valence-electron chi connectivity index (χ0n) is 18.3. The van der Waals surface area contributed by atoms with Crippen LogP contribution in [0, 0.1) is 0 Å². The number of hydrogen-bond acceptors (Lipinski definition) is 4. The van der Waals surface area contributed by atoms with Crippen LogP contribution in [0.5, 0.6) is 0 Å². The Morgan fingerprint density at radius 2 is 1.62 bits per heavy atom. The van der Waals surface area contributed by atoms with Gasteiger partial charge in [-0.25, -0.2) is 13.1 Å². The fraction of sp³-hybridized carbons (Fsp3) is 0.280. The van der Waals surface area contributed by atoms with E-state index in [0.29, 0.717) is 0 Å². The molecule has 1 aliphatic rings. The Morgan fingerprint density at radius 3 is 2.31 bits per heavy atom. The van der Waals surface area contributed by atoms with Crippen LogP contribution in [0.4, 0.5) is 5.69 Å². The van der Waals surface area contributed by atoms with Crippen LogP contribution in [-0.2, 0) is 23.0 Å². The van der Waals surface area contributed by atoms with Gasteiger partial charge in [0.05, 0.1) is 5.02 Å². The Labute approximate surface area is 195 Å². The molecule has 1 N–H and O–H groups in total. The number of rotatable bonds is 7. The molecule has 0 spiro atoms. The smallest absolute Gasteiger partial charge is 0.242 e. The highest BCUT2D eigenvalue weighted by Gasteiger charge is 2.27. The van der Waals surface area contributed by atoms with Crippen LogP contribution >= 0.6 is 11.6 Å². The fourth-order valence-corrected chi connectivity index (χ4v) is 5.72. The second kappa shape index (κ2) is 9.63. The first-order valence-electron chi connectivity index (χ1n) is 10.7. The molecular formula is C25H28ClN3O2S. The first kappa shape index (κ1) is 22.8. The van der Waals surface area contributed by atoms with Gasteiger partial charge in [-0.1, -0.05) is 60.1 Å². The molecular weight excluding hydrogens is 442 g/mol. The van der Waals surface area contributed by atoms with Crippen molar-refractivity contribution in [2.45, 2.75) is 23.9 Å². The normalized spacial score (nSPS) is 15.2. The van der Waals surface area contributed by atoms with Crippen LogP contribution in [0.2, 0.25) is 5.02 Å². The number of nitrogens with zero attached hydrogens (tertiary/aromatic N) is 2. The van der Waals surface area contributed by atoms with E-state index < -0.39 is 10.0 Å². The molecule has 3 aromatic carbocycles. The molecule has 0 aliphatic carbocycles. The second-order valence-electron chi connectivity index (χ2n) is 8.27. The van der Waals surface area contributed by atoms with Crippen molar-refractivity contribution in [3.8, 4) is 0 Å². The van der Waals surface area contributed by atoms with Crippen LogP contribution < -0.4 is 9.62 Å². The Kier molecular flexibility index (Phi) is 6.86. The van der Waals surface area contributed by atoms with Gasteiger partial charge in [0.1, 0.15) is 4.90 Å². The summed E-state index contributed by atoms with van der Waals surface area (Å²) in [5.41, 5.74) is 4.84. The van der Waals surface area contributed by atoms with Gasteiger partial charge in [-0.2, -0.15) is 0 Å². The fourth-order valence-electron chi connectivity index (χ4n) is 4.17. The Morgan fingerprint density at radius 1 is 0.969 bits per heavy atom. The number of hydrogen-bond donors (Lipinski definition) is 1. The average molecular weight is 470 g/mol. The molecule has 0 fully saturated rings. The van der Waals surface area contributed by atoms with Gasteiger partial charge in [0.15, 0.2) is 0 Å². The quantitative estimate of drug-likeness (QED) is 0.554. The number of benzene rings is 3. The number of halogens is 1. The van der Waals surface area contributed by atoms with Gasteiger partial charge in [-0.3, -0.25) is 4.90 Å². The van der Waals surface area contributed by atoms with Gasteiger partial charge >= 0.3 is 0 Å². The highest BCUT2D eigenvalue weighted by atomic mass is 35.5. The van der Waals surface area contributed by atoms with Gasteiger partial charge in [0, 0.05) is 45.5 Å². The average Bonchev–Trinajstić information content (AvgIpc) is 2.79. The molecule has 1 atom stereocenters. The molecule has 0 saturated heterocycles. The maximum Gasteiger partial charge on any atom is 0.242 e. The Hall–Kier alpha value is -2.38. The molecule has 3 aromatic rings. The van der Waals surface area contributed by atoms with Crippen LogP contribution in [0.3, 0.4) is 0 Å². The van der Waals surface area contributed by atoms with Crippen LogP contribution in [0.25, 0.3) is 0 Å². The van der Waals surface area contributed by atoms with Crippen LogP contribution in [0.1, 0.15) is 22.7 Å². The van der Waals surface area contributed by atoms with Crippen LogP contribution in [-0.4, -0.2) is 40.5 Å². The third-order valence-electron chi connectivity index (χ3n) is 5.99. The van der Waals surface area contributed by atoms with E-state index in [1.165, 1.54) is 17.2 Å². The molecule has 32 heavy (non-hydrogen) atoms. The lowest BCUT2D eigenvalue weighted by atomic mass is 9.96. The molecule has 0 unspecified atom stereocenters. The van der Waals surface area contributed by atoms with E-state index in [9.17, 15) is 8.42 Å². The van der Waals surface area contributed by atoms with E-state index in [1.54, 1.807) is 18.2 Å². The monoisotopic (exact) mass is 469 g/mol. The van der Waals surface area contributed by atoms with E-state index in [-0.39, 0.29) is 22.5 Å². The predicted molar refractivity (Wildman–Crippen MR) is 131 cm³/mol. The molecule has 5 nitrogen and oxygen atoms in total.